The Balaban J connectivity index is 1.86. The summed E-state index contributed by atoms with van der Waals surface area (Å²) in [5.74, 6) is 0.839. The van der Waals surface area contributed by atoms with Crippen LogP contribution in [0, 0.1) is 5.41 Å². The number of aliphatic hydroxyl groups excluding tert-OH is 1. The highest BCUT2D eigenvalue weighted by Crippen LogP contribution is 2.45. The highest BCUT2D eigenvalue weighted by atomic mass is 16.3. The Bertz CT molecular complexity index is 547. The van der Waals surface area contributed by atoms with Gasteiger partial charge in [0.25, 0.3) is 0 Å². The predicted molar refractivity (Wildman–Crippen MR) is 63.3 cm³/mol. The zero-order valence-electron chi connectivity index (χ0n) is 9.27. The minimum absolute atomic E-state index is 0.0199. The zero-order valence-corrected chi connectivity index (χ0v) is 9.27. The quantitative estimate of drug-likeness (QED) is 0.597. The number of imidazole rings is 1. The number of hydrogen-bond acceptors (Lipinski definition) is 6. The topological polar surface area (TPSA) is 113 Å². The minimum Gasteiger partial charge on any atom is -0.396 e. The van der Waals surface area contributed by atoms with Crippen LogP contribution in [-0.4, -0.2) is 38.2 Å². The van der Waals surface area contributed by atoms with E-state index in [-0.39, 0.29) is 18.0 Å². The van der Waals surface area contributed by atoms with Crippen LogP contribution in [0.25, 0.3) is 11.2 Å². The van der Waals surface area contributed by atoms with Gasteiger partial charge in [-0.25, -0.2) is 4.98 Å². The maximum Gasteiger partial charge on any atom is 0.224 e. The van der Waals surface area contributed by atoms with E-state index < -0.39 is 0 Å². The van der Waals surface area contributed by atoms with Crippen molar-refractivity contribution in [3.8, 4) is 0 Å². The lowest BCUT2D eigenvalue weighted by atomic mass is 10.1. The van der Waals surface area contributed by atoms with Crippen molar-refractivity contribution in [3.05, 3.63) is 6.33 Å². The molecule has 2 heterocycles. The third-order valence-corrected chi connectivity index (χ3v) is 3.23. The fourth-order valence-electron chi connectivity index (χ4n) is 1.82. The molecule has 0 radical (unpaired) electrons. The summed E-state index contributed by atoms with van der Waals surface area (Å²) < 4.78 is 0. The first-order valence-electron chi connectivity index (χ1n) is 5.54. The lowest BCUT2D eigenvalue weighted by molar-refractivity contribution is 0.219. The second-order valence-electron chi connectivity index (χ2n) is 4.54. The molecule has 7 nitrogen and oxygen atoms in total. The molecule has 0 atom stereocenters. The van der Waals surface area contributed by atoms with Crippen LogP contribution in [0.1, 0.15) is 12.8 Å². The van der Waals surface area contributed by atoms with Crippen molar-refractivity contribution in [1.82, 2.24) is 19.9 Å². The van der Waals surface area contributed by atoms with E-state index in [4.69, 9.17) is 5.73 Å². The number of aromatic amines is 1. The largest absolute Gasteiger partial charge is 0.396 e. The van der Waals surface area contributed by atoms with Gasteiger partial charge in [0.05, 0.1) is 12.9 Å². The van der Waals surface area contributed by atoms with E-state index in [0.717, 1.165) is 18.4 Å². The van der Waals surface area contributed by atoms with E-state index in [1.54, 1.807) is 6.33 Å². The number of nitrogens with zero attached hydrogens (tertiary/aromatic N) is 3. The summed E-state index contributed by atoms with van der Waals surface area (Å²) >= 11 is 0. The fourth-order valence-corrected chi connectivity index (χ4v) is 1.82. The Labute approximate surface area is 97.5 Å². The fraction of sp³-hybridized carbons (Fsp3) is 0.500. The van der Waals surface area contributed by atoms with E-state index in [1.807, 2.05) is 0 Å². The van der Waals surface area contributed by atoms with Gasteiger partial charge in [0, 0.05) is 12.0 Å². The number of H-pyrrole nitrogens is 1. The number of aliphatic hydroxyl groups is 1. The Hall–Kier alpha value is -1.89. The molecule has 0 unspecified atom stereocenters. The lowest BCUT2D eigenvalue weighted by Gasteiger charge is -2.13. The van der Waals surface area contributed by atoms with Crippen molar-refractivity contribution >= 4 is 22.9 Å². The number of anilines is 2. The van der Waals surface area contributed by atoms with Gasteiger partial charge in [-0.15, -0.1) is 0 Å². The van der Waals surface area contributed by atoms with E-state index in [1.165, 1.54) is 0 Å². The Kier molecular flexibility index (Phi) is 2.15. The molecule has 3 rings (SSSR count). The van der Waals surface area contributed by atoms with Crippen molar-refractivity contribution in [1.29, 1.82) is 0 Å². The van der Waals surface area contributed by atoms with Crippen LogP contribution in [0.4, 0.5) is 11.8 Å². The molecule has 2 aromatic heterocycles. The highest BCUT2D eigenvalue weighted by Gasteiger charge is 2.41. The second kappa shape index (κ2) is 3.56. The van der Waals surface area contributed by atoms with Crippen LogP contribution in [0.2, 0.25) is 0 Å². The monoisotopic (exact) mass is 234 g/mol. The molecule has 0 amide bonds. The predicted octanol–water partition coefficient (Wildman–Crippen LogP) is 0.119. The summed E-state index contributed by atoms with van der Waals surface area (Å²) in [5.41, 5.74) is 6.92. The third-order valence-electron chi connectivity index (χ3n) is 3.23. The molecule has 1 saturated carbocycles. The minimum atomic E-state index is 0.0199. The number of nitrogens with two attached hydrogens (primary N) is 1. The molecular formula is C10H14N6O. The van der Waals surface area contributed by atoms with Crippen LogP contribution >= 0.6 is 0 Å². The Morgan fingerprint density at radius 2 is 2.29 bits per heavy atom. The first-order valence-corrected chi connectivity index (χ1v) is 5.54. The second-order valence-corrected chi connectivity index (χ2v) is 4.54. The van der Waals surface area contributed by atoms with Gasteiger partial charge in [-0.1, -0.05) is 0 Å². The summed E-state index contributed by atoms with van der Waals surface area (Å²) in [4.78, 5) is 15.2. The molecule has 17 heavy (non-hydrogen) atoms. The number of hydrogen-bond donors (Lipinski definition) is 4. The molecular weight excluding hydrogens is 220 g/mol. The van der Waals surface area contributed by atoms with E-state index in [9.17, 15) is 5.11 Å². The van der Waals surface area contributed by atoms with Gasteiger partial charge in [0.1, 0.15) is 5.52 Å². The number of nitrogen functional groups attached to an aromatic ring is 1. The van der Waals surface area contributed by atoms with Gasteiger partial charge >= 0.3 is 0 Å². The van der Waals surface area contributed by atoms with Crippen molar-refractivity contribution in [2.45, 2.75) is 12.8 Å². The average Bonchev–Trinajstić information content (AvgIpc) is 2.96. The molecule has 0 aliphatic heterocycles. The van der Waals surface area contributed by atoms with Crippen LogP contribution in [0.5, 0.6) is 0 Å². The van der Waals surface area contributed by atoms with Crippen molar-refractivity contribution < 1.29 is 5.11 Å². The molecule has 7 heteroatoms. The molecule has 0 aromatic carbocycles. The SMILES string of the molecule is Nc1nc(NCC2(CO)CC2)c2[nH]cnc2n1. The maximum absolute atomic E-state index is 9.24. The van der Waals surface area contributed by atoms with Gasteiger partial charge < -0.3 is 21.1 Å². The molecule has 5 N–H and O–H groups in total. The summed E-state index contributed by atoms with van der Waals surface area (Å²) in [7, 11) is 0. The van der Waals surface area contributed by atoms with Crippen molar-refractivity contribution in [2.75, 3.05) is 24.2 Å². The number of rotatable bonds is 4. The lowest BCUT2D eigenvalue weighted by Crippen LogP contribution is -2.20. The Morgan fingerprint density at radius 1 is 1.47 bits per heavy atom. The molecule has 0 spiro atoms. The number of fused-ring (bicyclic) bond motifs is 1. The molecule has 1 fully saturated rings. The average molecular weight is 234 g/mol. The first-order chi connectivity index (χ1) is 8.22. The van der Waals surface area contributed by atoms with Crippen LogP contribution < -0.4 is 11.1 Å². The Morgan fingerprint density at radius 3 is 3.00 bits per heavy atom. The zero-order chi connectivity index (χ0) is 11.9. The normalized spacial score (nSPS) is 17.2. The first kappa shape index (κ1) is 10.3. The summed E-state index contributed by atoms with van der Waals surface area (Å²) in [6.07, 6.45) is 3.65. The number of nitrogens with one attached hydrogen (secondary N) is 2. The maximum atomic E-state index is 9.24. The van der Waals surface area contributed by atoms with E-state index >= 15 is 0 Å². The molecule has 2 aromatic rings. The van der Waals surface area contributed by atoms with Gasteiger partial charge in [-0.2, -0.15) is 9.97 Å². The van der Waals surface area contributed by atoms with Gasteiger partial charge in [-0.05, 0) is 12.8 Å². The summed E-state index contributed by atoms with van der Waals surface area (Å²) in [6.45, 7) is 0.890. The van der Waals surface area contributed by atoms with Crippen molar-refractivity contribution in [2.24, 2.45) is 5.41 Å². The van der Waals surface area contributed by atoms with Gasteiger partial charge in [0.15, 0.2) is 11.5 Å². The molecule has 1 aliphatic rings. The molecule has 0 saturated heterocycles. The molecule has 1 aliphatic carbocycles. The van der Waals surface area contributed by atoms with Crippen LogP contribution in [-0.2, 0) is 0 Å². The summed E-state index contributed by atoms with van der Waals surface area (Å²) in [5, 5.41) is 12.5. The molecule has 0 bridgehead atoms. The van der Waals surface area contributed by atoms with Crippen molar-refractivity contribution in [3.63, 3.8) is 0 Å². The van der Waals surface area contributed by atoms with Crippen LogP contribution in [0.15, 0.2) is 6.33 Å². The van der Waals surface area contributed by atoms with Gasteiger partial charge in [-0.3, -0.25) is 0 Å². The van der Waals surface area contributed by atoms with Gasteiger partial charge in [0.2, 0.25) is 5.95 Å². The van der Waals surface area contributed by atoms with E-state index in [0.29, 0.717) is 18.0 Å². The van der Waals surface area contributed by atoms with Crippen LogP contribution in [0.3, 0.4) is 0 Å². The smallest absolute Gasteiger partial charge is 0.224 e. The third kappa shape index (κ3) is 1.78. The standard InChI is InChI=1S/C10H14N6O/c11-9-15-7(6-8(16-9)14-5-13-6)12-3-10(4-17)1-2-10/h5,17H,1-4H2,(H4,11,12,13,14,15,16). The summed E-state index contributed by atoms with van der Waals surface area (Å²) in [6, 6.07) is 0. The van der Waals surface area contributed by atoms with E-state index in [2.05, 4.69) is 25.3 Å². The highest BCUT2D eigenvalue weighted by molar-refractivity contribution is 5.83. The number of aromatic nitrogens is 4. The molecule has 90 valence electrons.